The first kappa shape index (κ1) is 11.1. The number of benzene rings is 1. The van der Waals surface area contributed by atoms with Crippen LogP contribution in [-0.2, 0) is 16.6 Å². The van der Waals surface area contributed by atoms with Gasteiger partial charge in [0.1, 0.15) is 6.04 Å². The largest absolute Gasteiger partial charge is 0.480 e. The van der Waals surface area contributed by atoms with Gasteiger partial charge in [0.2, 0.25) is 0 Å². The second-order valence-corrected chi connectivity index (χ2v) is 4.48. The molecule has 1 unspecified atom stereocenters. The molecule has 0 bridgehead atoms. The van der Waals surface area contributed by atoms with Gasteiger partial charge in [0.25, 0.3) is 0 Å². The van der Waals surface area contributed by atoms with E-state index in [0.29, 0.717) is 0 Å². The second kappa shape index (κ2) is 3.91. The molecule has 2 rings (SSSR count). The van der Waals surface area contributed by atoms with Gasteiger partial charge in [0.05, 0.1) is 0 Å². The molecule has 0 aliphatic heterocycles. The molecule has 3 nitrogen and oxygen atoms in total. The van der Waals surface area contributed by atoms with Crippen LogP contribution < -0.4 is 5.73 Å². The molecule has 0 aromatic heterocycles. The smallest absolute Gasteiger partial charge is 0.321 e. The van der Waals surface area contributed by atoms with Crippen molar-refractivity contribution in [3.8, 4) is 0 Å². The predicted octanol–water partition coefficient (Wildman–Crippen LogP) is 1.69. The third kappa shape index (κ3) is 1.61. The van der Waals surface area contributed by atoms with E-state index in [2.05, 4.69) is 13.0 Å². The number of carboxylic acid groups (broad SMARTS) is 1. The summed E-state index contributed by atoms with van der Waals surface area (Å²) in [5.74, 6) is -0.900. The molecule has 1 aliphatic carbocycles. The molecule has 1 aliphatic rings. The molecule has 1 atom stereocenters. The van der Waals surface area contributed by atoms with Crippen molar-refractivity contribution in [1.82, 2.24) is 0 Å². The number of carbonyl (C=O) groups is 1. The van der Waals surface area contributed by atoms with Crippen LogP contribution in [0.5, 0.6) is 0 Å². The van der Waals surface area contributed by atoms with Crippen molar-refractivity contribution in [1.29, 1.82) is 0 Å². The van der Waals surface area contributed by atoms with Gasteiger partial charge in [0, 0.05) is 5.41 Å². The van der Waals surface area contributed by atoms with Crippen molar-refractivity contribution in [3.63, 3.8) is 0 Å². The Morgan fingerprint density at radius 2 is 2.12 bits per heavy atom. The molecular weight excluding hydrogens is 202 g/mol. The zero-order valence-corrected chi connectivity index (χ0v) is 9.44. The highest BCUT2D eigenvalue weighted by molar-refractivity contribution is 5.77. The van der Waals surface area contributed by atoms with Crippen LogP contribution in [0.15, 0.2) is 24.3 Å². The topological polar surface area (TPSA) is 63.3 Å². The van der Waals surface area contributed by atoms with E-state index >= 15 is 0 Å². The molecule has 1 aromatic carbocycles. The molecule has 86 valence electrons. The standard InChI is InChI=1S/C13H17NO2/c1-2-9-5-3-4-6-10(9)13(7-8-13)11(14)12(15)16/h3-6,11H,2,7-8,14H2,1H3,(H,15,16). The van der Waals surface area contributed by atoms with E-state index in [-0.39, 0.29) is 5.41 Å². The molecule has 1 fully saturated rings. The zero-order chi connectivity index (χ0) is 11.8. The fourth-order valence-electron chi connectivity index (χ4n) is 2.43. The lowest BCUT2D eigenvalue weighted by atomic mass is 9.84. The summed E-state index contributed by atoms with van der Waals surface area (Å²) in [5, 5.41) is 9.06. The first-order valence-corrected chi connectivity index (χ1v) is 5.68. The van der Waals surface area contributed by atoms with Crippen LogP contribution in [0.1, 0.15) is 30.9 Å². The van der Waals surface area contributed by atoms with Crippen LogP contribution in [0.4, 0.5) is 0 Å². The number of nitrogens with two attached hydrogens (primary N) is 1. The number of rotatable bonds is 4. The molecule has 3 heteroatoms. The Kier molecular flexibility index (Phi) is 2.72. The number of aliphatic carboxylic acids is 1. The summed E-state index contributed by atoms with van der Waals surface area (Å²) in [6.45, 7) is 2.08. The Hall–Kier alpha value is -1.35. The molecule has 3 N–H and O–H groups in total. The molecule has 1 saturated carbocycles. The second-order valence-electron chi connectivity index (χ2n) is 4.48. The summed E-state index contributed by atoms with van der Waals surface area (Å²) in [5.41, 5.74) is 7.86. The monoisotopic (exact) mass is 219 g/mol. The van der Waals surface area contributed by atoms with Gasteiger partial charge in [0.15, 0.2) is 0 Å². The number of hydrogen-bond acceptors (Lipinski definition) is 2. The lowest BCUT2D eigenvalue weighted by Crippen LogP contribution is -2.42. The third-order valence-electron chi connectivity index (χ3n) is 3.58. The van der Waals surface area contributed by atoms with Crippen molar-refractivity contribution in [2.75, 3.05) is 0 Å². The molecule has 16 heavy (non-hydrogen) atoms. The van der Waals surface area contributed by atoms with Crippen LogP contribution in [0.25, 0.3) is 0 Å². The molecule has 1 aromatic rings. The van der Waals surface area contributed by atoms with Crippen molar-refractivity contribution >= 4 is 5.97 Å². The van der Waals surface area contributed by atoms with Crippen LogP contribution >= 0.6 is 0 Å². The minimum Gasteiger partial charge on any atom is -0.480 e. The number of carboxylic acids is 1. The van der Waals surface area contributed by atoms with E-state index in [4.69, 9.17) is 10.8 Å². The molecule has 0 spiro atoms. The van der Waals surface area contributed by atoms with Crippen LogP contribution in [0.2, 0.25) is 0 Å². The summed E-state index contributed by atoms with van der Waals surface area (Å²) in [7, 11) is 0. The molecule has 0 heterocycles. The van der Waals surface area contributed by atoms with Gasteiger partial charge < -0.3 is 10.8 Å². The summed E-state index contributed by atoms with van der Waals surface area (Å²) in [4.78, 5) is 11.0. The summed E-state index contributed by atoms with van der Waals surface area (Å²) < 4.78 is 0. The summed E-state index contributed by atoms with van der Waals surface area (Å²) in [6, 6.07) is 7.26. The van der Waals surface area contributed by atoms with Gasteiger partial charge in [-0.25, -0.2) is 0 Å². The lowest BCUT2D eigenvalue weighted by molar-refractivity contribution is -0.139. The first-order valence-electron chi connectivity index (χ1n) is 5.68. The van der Waals surface area contributed by atoms with Crippen LogP contribution in [0.3, 0.4) is 0 Å². The average molecular weight is 219 g/mol. The average Bonchev–Trinajstić information content (AvgIpc) is 3.09. The number of aryl methyl sites for hydroxylation is 1. The lowest BCUT2D eigenvalue weighted by Gasteiger charge is -2.22. The van der Waals surface area contributed by atoms with Crippen LogP contribution in [0, 0.1) is 0 Å². The molecule has 0 radical (unpaired) electrons. The highest BCUT2D eigenvalue weighted by Crippen LogP contribution is 2.51. The maximum atomic E-state index is 11.0. The van der Waals surface area contributed by atoms with E-state index in [0.717, 1.165) is 24.8 Å². The highest BCUT2D eigenvalue weighted by atomic mass is 16.4. The van der Waals surface area contributed by atoms with E-state index in [1.807, 2.05) is 18.2 Å². The van der Waals surface area contributed by atoms with Gasteiger partial charge >= 0.3 is 5.97 Å². The fraction of sp³-hybridized carbons (Fsp3) is 0.462. The van der Waals surface area contributed by atoms with Gasteiger partial charge in [-0.2, -0.15) is 0 Å². The fourth-order valence-corrected chi connectivity index (χ4v) is 2.43. The Balaban J connectivity index is 2.40. The Morgan fingerprint density at radius 3 is 2.62 bits per heavy atom. The third-order valence-corrected chi connectivity index (χ3v) is 3.58. The van der Waals surface area contributed by atoms with Gasteiger partial charge in [-0.1, -0.05) is 31.2 Å². The normalized spacial score (nSPS) is 19.1. The molecule has 0 amide bonds. The quantitative estimate of drug-likeness (QED) is 0.810. The maximum absolute atomic E-state index is 11.0. The first-order chi connectivity index (χ1) is 7.62. The van der Waals surface area contributed by atoms with Crippen molar-refractivity contribution in [3.05, 3.63) is 35.4 Å². The number of hydrogen-bond donors (Lipinski definition) is 2. The Bertz CT molecular complexity index is 410. The SMILES string of the molecule is CCc1ccccc1C1(C(N)C(=O)O)CC1. The van der Waals surface area contributed by atoms with Gasteiger partial charge in [-0.3, -0.25) is 4.79 Å². The van der Waals surface area contributed by atoms with E-state index in [1.165, 1.54) is 5.56 Å². The Labute approximate surface area is 95.3 Å². The zero-order valence-electron chi connectivity index (χ0n) is 9.44. The van der Waals surface area contributed by atoms with Crippen molar-refractivity contribution in [2.24, 2.45) is 5.73 Å². The van der Waals surface area contributed by atoms with E-state index < -0.39 is 12.0 Å². The minimum atomic E-state index is -0.900. The predicted molar refractivity (Wildman–Crippen MR) is 62.3 cm³/mol. The minimum absolute atomic E-state index is 0.307. The van der Waals surface area contributed by atoms with Gasteiger partial charge in [-0.15, -0.1) is 0 Å². The Morgan fingerprint density at radius 1 is 1.50 bits per heavy atom. The summed E-state index contributed by atoms with van der Waals surface area (Å²) in [6.07, 6.45) is 2.69. The van der Waals surface area contributed by atoms with Crippen LogP contribution in [-0.4, -0.2) is 17.1 Å². The molecule has 0 saturated heterocycles. The van der Waals surface area contributed by atoms with Crippen molar-refractivity contribution < 1.29 is 9.90 Å². The van der Waals surface area contributed by atoms with Crippen molar-refractivity contribution in [2.45, 2.75) is 37.6 Å². The molecular formula is C13H17NO2. The van der Waals surface area contributed by atoms with E-state index in [9.17, 15) is 4.79 Å². The van der Waals surface area contributed by atoms with Gasteiger partial charge in [-0.05, 0) is 30.4 Å². The summed E-state index contributed by atoms with van der Waals surface area (Å²) >= 11 is 0. The van der Waals surface area contributed by atoms with E-state index in [1.54, 1.807) is 0 Å². The highest BCUT2D eigenvalue weighted by Gasteiger charge is 2.52. The maximum Gasteiger partial charge on any atom is 0.321 e.